The standard InChI is InChI=1S/C22H28N2O4/c1-5-26-21(25)22(2,3)9-6-12-27-18-7-8-19-16(14-18)13-17(15-28-19)20-23-10-11-24(20)4/h7-8,10-11,13-14H,5-6,9,12,15H2,1-4H3. The number of carbonyl (C=O) groups is 1. The number of hydrogen-bond donors (Lipinski definition) is 0. The molecular weight excluding hydrogens is 356 g/mol. The number of nitrogens with zero attached hydrogens (tertiary/aromatic N) is 2. The minimum Gasteiger partial charge on any atom is -0.494 e. The minimum atomic E-state index is -0.497. The molecular formula is C22H28N2O4. The molecule has 3 rings (SSSR count). The lowest BCUT2D eigenvalue weighted by atomic mass is 9.88. The summed E-state index contributed by atoms with van der Waals surface area (Å²) in [6.07, 6.45) is 7.28. The second-order valence-corrected chi connectivity index (χ2v) is 7.58. The highest BCUT2D eigenvalue weighted by molar-refractivity contribution is 5.83. The first-order valence-corrected chi connectivity index (χ1v) is 9.66. The van der Waals surface area contributed by atoms with E-state index in [-0.39, 0.29) is 5.97 Å². The summed E-state index contributed by atoms with van der Waals surface area (Å²) in [5.41, 5.74) is 1.52. The van der Waals surface area contributed by atoms with E-state index in [1.54, 1.807) is 6.20 Å². The van der Waals surface area contributed by atoms with Gasteiger partial charge in [0.1, 0.15) is 23.9 Å². The van der Waals surface area contributed by atoms with Crippen molar-refractivity contribution in [3.05, 3.63) is 42.0 Å². The number of aryl methyl sites for hydroxylation is 1. The molecule has 2 aromatic rings. The average molecular weight is 384 g/mol. The van der Waals surface area contributed by atoms with Crippen molar-refractivity contribution in [2.75, 3.05) is 19.8 Å². The lowest BCUT2D eigenvalue weighted by Crippen LogP contribution is -2.27. The van der Waals surface area contributed by atoms with Crippen molar-refractivity contribution in [1.29, 1.82) is 0 Å². The fourth-order valence-corrected chi connectivity index (χ4v) is 3.18. The molecule has 2 heterocycles. The Kier molecular flexibility index (Phi) is 6.07. The number of rotatable bonds is 8. The van der Waals surface area contributed by atoms with Crippen LogP contribution >= 0.6 is 0 Å². The Hall–Kier alpha value is -2.76. The average Bonchev–Trinajstić information content (AvgIpc) is 3.11. The topological polar surface area (TPSA) is 62.6 Å². The van der Waals surface area contributed by atoms with E-state index in [1.165, 1.54) is 0 Å². The van der Waals surface area contributed by atoms with E-state index in [9.17, 15) is 4.79 Å². The smallest absolute Gasteiger partial charge is 0.311 e. The summed E-state index contributed by atoms with van der Waals surface area (Å²) in [5.74, 6) is 2.37. The Labute approximate surface area is 166 Å². The summed E-state index contributed by atoms with van der Waals surface area (Å²) in [5, 5.41) is 0. The monoisotopic (exact) mass is 384 g/mol. The molecule has 1 aliphatic rings. The Balaban J connectivity index is 1.60. The van der Waals surface area contributed by atoms with Crippen molar-refractivity contribution in [3.8, 4) is 11.5 Å². The number of hydrogen-bond acceptors (Lipinski definition) is 5. The predicted octanol–water partition coefficient (Wildman–Crippen LogP) is 4.10. The Morgan fingerprint density at radius 1 is 1.36 bits per heavy atom. The van der Waals surface area contributed by atoms with Gasteiger partial charge < -0.3 is 18.8 Å². The highest BCUT2D eigenvalue weighted by Gasteiger charge is 2.28. The number of fused-ring (bicyclic) bond motifs is 1. The van der Waals surface area contributed by atoms with Crippen LogP contribution in [-0.2, 0) is 16.6 Å². The summed E-state index contributed by atoms with van der Waals surface area (Å²) in [6, 6.07) is 5.82. The molecule has 0 saturated carbocycles. The van der Waals surface area contributed by atoms with Crippen molar-refractivity contribution < 1.29 is 19.0 Å². The van der Waals surface area contributed by atoms with Crippen molar-refractivity contribution in [2.45, 2.75) is 33.6 Å². The molecule has 150 valence electrons. The molecule has 0 unspecified atom stereocenters. The third-order valence-electron chi connectivity index (χ3n) is 4.85. The van der Waals surface area contributed by atoms with E-state index in [2.05, 4.69) is 11.1 Å². The lowest BCUT2D eigenvalue weighted by molar-refractivity contribution is -0.153. The number of benzene rings is 1. The molecule has 0 spiro atoms. The maximum absolute atomic E-state index is 12.0. The van der Waals surface area contributed by atoms with Gasteiger partial charge in [-0.15, -0.1) is 0 Å². The van der Waals surface area contributed by atoms with Crippen LogP contribution in [-0.4, -0.2) is 35.3 Å². The fourth-order valence-electron chi connectivity index (χ4n) is 3.18. The van der Waals surface area contributed by atoms with Gasteiger partial charge in [-0.1, -0.05) is 0 Å². The second kappa shape index (κ2) is 8.50. The van der Waals surface area contributed by atoms with E-state index in [0.717, 1.165) is 34.9 Å². The molecule has 6 nitrogen and oxygen atoms in total. The second-order valence-electron chi connectivity index (χ2n) is 7.58. The van der Waals surface area contributed by atoms with Gasteiger partial charge in [0.05, 0.1) is 18.6 Å². The Morgan fingerprint density at radius 3 is 2.89 bits per heavy atom. The summed E-state index contributed by atoms with van der Waals surface area (Å²) < 4.78 is 18.9. The molecule has 0 amide bonds. The van der Waals surface area contributed by atoms with Crippen LogP contribution in [0, 0.1) is 5.41 Å². The zero-order valence-electron chi connectivity index (χ0n) is 17.0. The number of aromatic nitrogens is 2. The maximum atomic E-state index is 12.0. The van der Waals surface area contributed by atoms with Gasteiger partial charge in [-0.3, -0.25) is 4.79 Å². The third kappa shape index (κ3) is 4.55. The molecule has 0 saturated heterocycles. The summed E-state index contributed by atoms with van der Waals surface area (Å²) in [4.78, 5) is 16.3. The Morgan fingerprint density at radius 2 is 2.18 bits per heavy atom. The molecule has 0 radical (unpaired) electrons. The summed E-state index contributed by atoms with van der Waals surface area (Å²) >= 11 is 0. The van der Waals surface area contributed by atoms with Crippen molar-refractivity contribution in [2.24, 2.45) is 12.5 Å². The zero-order chi connectivity index (χ0) is 20.1. The molecule has 0 aliphatic carbocycles. The van der Waals surface area contributed by atoms with Crippen LogP contribution in [0.3, 0.4) is 0 Å². The Bertz CT molecular complexity index is 867. The SMILES string of the molecule is CCOC(=O)C(C)(C)CCCOc1ccc2c(c1)C=C(c1nccn1C)CO2. The lowest BCUT2D eigenvalue weighted by Gasteiger charge is -2.22. The largest absolute Gasteiger partial charge is 0.494 e. The molecule has 28 heavy (non-hydrogen) atoms. The first-order chi connectivity index (χ1) is 13.4. The van der Waals surface area contributed by atoms with Gasteiger partial charge in [0.25, 0.3) is 0 Å². The maximum Gasteiger partial charge on any atom is 0.311 e. The zero-order valence-corrected chi connectivity index (χ0v) is 17.0. The molecule has 1 aromatic carbocycles. The van der Waals surface area contributed by atoms with Crippen LogP contribution in [0.2, 0.25) is 0 Å². The van der Waals surface area contributed by atoms with Crippen LogP contribution in [0.25, 0.3) is 11.6 Å². The number of ether oxygens (including phenoxy) is 3. The van der Waals surface area contributed by atoms with Crippen LogP contribution in [0.4, 0.5) is 0 Å². The number of esters is 1. The highest BCUT2D eigenvalue weighted by Crippen LogP contribution is 2.33. The molecule has 1 aliphatic heterocycles. The van der Waals surface area contributed by atoms with E-state index in [1.807, 2.05) is 56.8 Å². The minimum absolute atomic E-state index is 0.159. The van der Waals surface area contributed by atoms with Crippen molar-refractivity contribution >= 4 is 17.6 Å². The quantitative estimate of drug-likeness (QED) is 0.506. The van der Waals surface area contributed by atoms with E-state index >= 15 is 0 Å². The van der Waals surface area contributed by atoms with E-state index in [0.29, 0.717) is 26.2 Å². The van der Waals surface area contributed by atoms with E-state index in [4.69, 9.17) is 14.2 Å². The van der Waals surface area contributed by atoms with Gasteiger partial charge >= 0.3 is 5.97 Å². The van der Waals surface area contributed by atoms with Gasteiger partial charge in [-0.2, -0.15) is 0 Å². The molecule has 6 heteroatoms. The van der Waals surface area contributed by atoms with Gasteiger partial charge in [0, 0.05) is 30.6 Å². The van der Waals surface area contributed by atoms with Crippen LogP contribution in [0.15, 0.2) is 30.6 Å². The highest BCUT2D eigenvalue weighted by atomic mass is 16.5. The fraction of sp³-hybridized carbons (Fsp3) is 0.455. The van der Waals surface area contributed by atoms with Crippen molar-refractivity contribution in [1.82, 2.24) is 9.55 Å². The van der Waals surface area contributed by atoms with Crippen molar-refractivity contribution in [3.63, 3.8) is 0 Å². The van der Waals surface area contributed by atoms with Crippen LogP contribution < -0.4 is 9.47 Å². The van der Waals surface area contributed by atoms with Gasteiger partial charge in [-0.05, 0) is 57.9 Å². The molecule has 1 aromatic heterocycles. The van der Waals surface area contributed by atoms with Gasteiger partial charge in [0.15, 0.2) is 0 Å². The molecule has 0 N–H and O–H groups in total. The first-order valence-electron chi connectivity index (χ1n) is 9.66. The van der Waals surface area contributed by atoms with Gasteiger partial charge in [-0.25, -0.2) is 4.98 Å². The van der Waals surface area contributed by atoms with Gasteiger partial charge in [0.2, 0.25) is 0 Å². The van der Waals surface area contributed by atoms with Crippen LogP contribution in [0.5, 0.6) is 11.5 Å². The first kappa shape index (κ1) is 20.0. The molecule has 0 atom stereocenters. The summed E-state index contributed by atoms with van der Waals surface area (Å²) in [7, 11) is 1.97. The number of imidazole rings is 1. The van der Waals surface area contributed by atoms with Crippen LogP contribution in [0.1, 0.15) is 45.0 Å². The third-order valence-corrected chi connectivity index (χ3v) is 4.85. The predicted molar refractivity (Wildman–Crippen MR) is 108 cm³/mol. The molecule has 0 fully saturated rings. The number of carbonyl (C=O) groups excluding carboxylic acids is 1. The molecule has 0 bridgehead atoms. The normalized spacial score (nSPS) is 13.4. The van der Waals surface area contributed by atoms with E-state index < -0.39 is 5.41 Å². The summed E-state index contributed by atoms with van der Waals surface area (Å²) in [6.45, 7) is 7.09.